The minimum absolute atomic E-state index is 0. The Kier molecular flexibility index (Phi) is 14.5. The molecule has 0 radical (unpaired) electrons. The average Bonchev–Trinajstić information content (AvgIpc) is 0.722. The Morgan fingerprint density at radius 3 is 1.14 bits per heavy atom. The molecule has 0 aromatic heterocycles. The second-order valence-electron chi connectivity index (χ2n) is 0.408. The van der Waals surface area contributed by atoms with Crippen LogP contribution >= 0.6 is 0 Å². The zero-order chi connectivity index (χ0) is 4.50. The molecule has 0 rings (SSSR count). The van der Waals surface area contributed by atoms with Gasteiger partial charge in [0.25, 0.3) is 0 Å². The van der Waals surface area contributed by atoms with Crippen LogP contribution in [0.1, 0.15) is 0 Å². The first-order chi connectivity index (χ1) is 2.00. The van der Waals surface area contributed by atoms with Crippen LogP contribution in [-0.2, 0) is 32.8 Å². The fourth-order valence-corrected chi connectivity index (χ4v) is 0. The van der Waals surface area contributed by atoms with E-state index in [4.69, 9.17) is 17.5 Å². The van der Waals surface area contributed by atoms with Gasteiger partial charge in [-0.2, -0.15) is 0 Å². The van der Waals surface area contributed by atoms with Crippen LogP contribution in [0.3, 0.4) is 0 Å². The van der Waals surface area contributed by atoms with Crippen molar-refractivity contribution in [3.8, 4) is 0 Å². The molecule has 0 atom stereocenters. The van der Waals surface area contributed by atoms with Crippen molar-refractivity contribution in [1.82, 2.24) is 0 Å². The van der Waals surface area contributed by atoms with Crippen LogP contribution in [0, 0.1) is 0 Å². The Morgan fingerprint density at radius 2 is 1.14 bits per heavy atom. The monoisotopic (exact) mass is 415 g/mol. The minimum atomic E-state index is -5.17. The summed E-state index contributed by atoms with van der Waals surface area (Å²) in [5, 5.41) is 0. The summed E-state index contributed by atoms with van der Waals surface area (Å²) in [6.07, 6.45) is 0. The van der Waals surface area contributed by atoms with E-state index in [2.05, 4.69) is 0 Å². The molecule has 0 amide bonds. The Labute approximate surface area is 97.2 Å². The molecule has 7 heteroatoms. The molecule has 0 aliphatic rings. The topological polar surface area (TPSA) is 80.3 Å². The summed E-state index contributed by atoms with van der Waals surface area (Å²) >= 11 is 0. The largest absolute Gasteiger partial charge is 5.00 e. The number of hydrogen-bond donors (Lipinski definition) is 0. The summed E-state index contributed by atoms with van der Waals surface area (Å²) in [5.74, 6) is 0. The van der Waals surface area contributed by atoms with E-state index in [1.54, 1.807) is 0 Å². The SMILES string of the molecule is O=S(=O)([O-])[O-].[Ba+2].[Ta+5]. The van der Waals surface area contributed by atoms with Crippen molar-refractivity contribution in [2.75, 3.05) is 0 Å². The first kappa shape index (κ1) is 16.1. The van der Waals surface area contributed by atoms with Gasteiger partial charge in [-0.1, -0.05) is 0 Å². The predicted octanol–water partition coefficient (Wildman–Crippen LogP) is -1.72. The molecular formula is BaO4STa+5. The van der Waals surface area contributed by atoms with Gasteiger partial charge in [0.05, 0.1) is 0 Å². The minimum Gasteiger partial charge on any atom is -0.759 e. The summed E-state index contributed by atoms with van der Waals surface area (Å²) in [5.41, 5.74) is 0. The maximum atomic E-state index is 8.52. The summed E-state index contributed by atoms with van der Waals surface area (Å²) < 4.78 is 34.1. The normalized spacial score (nSPS) is 8.29. The molecule has 0 heterocycles. The summed E-state index contributed by atoms with van der Waals surface area (Å²) in [7, 11) is -5.17. The molecule has 0 fully saturated rings. The second kappa shape index (κ2) is 6.30. The molecule has 0 N–H and O–H groups in total. The van der Waals surface area contributed by atoms with Crippen LogP contribution < -0.4 is 0 Å². The van der Waals surface area contributed by atoms with Gasteiger partial charge in [-0.3, -0.25) is 8.42 Å². The van der Waals surface area contributed by atoms with E-state index in [0.717, 1.165) is 0 Å². The first-order valence-electron chi connectivity index (χ1n) is 0.667. The van der Waals surface area contributed by atoms with Crippen LogP contribution in [0.5, 0.6) is 0 Å². The van der Waals surface area contributed by atoms with E-state index < -0.39 is 10.4 Å². The predicted molar refractivity (Wildman–Crippen MR) is 16.2 cm³/mol. The van der Waals surface area contributed by atoms with Gasteiger partial charge < -0.3 is 9.11 Å². The molecule has 0 saturated carbocycles. The number of hydrogen-bond acceptors (Lipinski definition) is 4. The van der Waals surface area contributed by atoms with Gasteiger partial charge in [0, 0.05) is 10.4 Å². The molecule has 0 saturated heterocycles. The van der Waals surface area contributed by atoms with E-state index in [1.165, 1.54) is 0 Å². The molecule has 0 aliphatic heterocycles. The molecule has 0 aromatic carbocycles. The van der Waals surface area contributed by atoms with Crippen LogP contribution in [-0.4, -0.2) is 66.4 Å². The molecular weight excluding hydrogens is 414 g/mol. The van der Waals surface area contributed by atoms with Gasteiger partial charge in [-0.15, -0.1) is 0 Å². The van der Waals surface area contributed by atoms with Crippen molar-refractivity contribution >= 4 is 59.3 Å². The molecule has 0 unspecified atom stereocenters. The van der Waals surface area contributed by atoms with Gasteiger partial charge >= 0.3 is 71.3 Å². The van der Waals surface area contributed by atoms with Gasteiger partial charge in [0.1, 0.15) is 0 Å². The zero-order valence-electron chi connectivity index (χ0n) is 3.20. The molecule has 32 valence electrons. The van der Waals surface area contributed by atoms with Crippen LogP contribution in [0.4, 0.5) is 0 Å². The Hall–Kier alpha value is 2.18. The maximum Gasteiger partial charge on any atom is 5.00 e. The second-order valence-corrected chi connectivity index (χ2v) is 1.22. The third kappa shape index (κ3) is 65.7. The fraction of sp³-hybridized carbons (Fsp3) is 0. The van der Waals surface area contributed by atoms with Gasteiger partial charge in [0.15, 0.2) is 0 Å². The van der Waals surface area contributed by atoms with E-state index in [-0.39, 0.29) is 71.3 Å². The Bertz CT molecular complexity index is 94.9. The van der Waals surface area contributed by atoms with Crippen molar-refractivity contribution in [2.24, 2.45) is 0 Å². The van der Waals surface area contributed by atoms with Crippen LogP contribution in [0.15, 0.2) is 0 Å². The van der Waals surface area contributed by atoms with Crippen LogP contribution in [0.2, 0.25) is 0 Å². The van der Waals surface area contributed by atoms with Crippen LogP contribution in [0.25, 0.3) is 0 Å². The molecule has 0 aromatic rings. The standard InChI is InChI=1S/Ba.H2O4S.Ta/c;1-5(2,3)4;/h;(H2,1,2,3,4);/q+2;;+5/p-2. The zero-order valence-corrected chi connectivity index (χ0v) is 11.7. The third-order valence-electron chi connectivity index (χ3n) is 0. The van der Waals surface area contributed by atoms with Crippen molar-refractivity contribution in [3.05, 3.63) is 0 Å². The smallest absolute Gasteiger partial charge is 0.759 e. The molecule has 7 heavy (non-hydrogen) atoms. The molecule has 0 spiro atoms. The van der Waals surface area contributed by atoms with Gasteiger partial charge in [-0.25, -0.2) is 0 Å². The molecule has 4 nitrogen and oxygen atoms in total. The first-order valence-corrected chi connectivity index (χ1v) is 2.00. The van der Waals surface area contributed by atoms with Crippen molar-refractivity contribution in [3.63, 3.8) is 0 Å². The quantitative estimate of drug-likeness (QED) is 0.268. The van der Waals surface area contributed by atoms with E-state index in [1.807, 2.05) is 0 Å². The van der Waals surface area contributed by atoms with E-state index >= 15 is 0 Å². The Morgan fingerprint density at radius 1 is 1.14 bits per heavy atom. The molecule has 0 aliphatic carbocycles. The summed E-state index contributed by atoms with van der Waals surface area (Å²) in [6, 6.07) is 0. The van der Waals surface area contributed by atoms with Crippen molar-refractivity contribution in [1.29, 1.82) is 0 Å². The Balaban J connectivity index is -0.0000000800. The third-order valence-corrected chi connectivity index (χ3v) is 0. The van der Waals surface area contributed by atoms with Gasteiger partial charge in [0.2, 0.25) is 0 Å². The maximum absolute atomic E-state index is 8.52. The molecule has 0 bridgehead atoms. The summed E-state index contributed by atoms with van der Waals surface area (Å²) in [4.78, 5) is 0. The van der Waals surface area contributed by atoms with E-state index in [9.17, 15) is 0 Å². The average molecular weight is 414 g/mol. The number of rotatable bonds is 0. The summed E-state index contributed by atoms with van der Waals surface area (Å²) in [6.45, 7) is 0. The fourth-order valence-electron chi connectivity index (χ4n) is 0. The van der Waals surface area contributed by atoms with Crippen molar-refractivity contribution in [2.45, 2.75) is 0 Å². The van der Waals surface area contributed by atoms with E-state index in [0.29, 0.717) is 0 Å². The van der Waals surface area contributed by atoms with Crippen molar-refractivity contribution < 1.29 is 39.9 Å². The van der Waals surface area contributed by atoms with Gasteiger partial charge in [-0.05, 0) is 0 Å².